The van der Waals surface area contributed by atoms with Gasteiger partial charge in [0.05, 0.1) is 0 Å². The number of nitrogens with zero attached hydrogens (tertiary/aromatic N) is 3. The molecule has 0 bridgehead atoms. The number of aromatic nitrogens is 3. The predicted octanol–water partition coefficient (Wildman–Crippen LogP) is 2.29. The molecule has 1 aliphatic rings. The highest BCUT2D eigenvalue weighted by molar-refractivity contribution is 6.30. The van der Waals surface area contributed by atoms with Crippen molar-refractivity contribution in [2.24, 2.45) is 7.05 Å². The summed E-state index contributed by atoms with van der Waals surface area (Å²) >= 11 is 6.02. The lowest BCUT2D eigenvalue weighted by molar-refractivity contribution is 0.528. The molecule has 1 aliphatic carbocycles. The average molecular weight is 277 g/mol. The van der Waals surface area contributed by atoms with Crippen LogP contribution in [0, 0.1) is 0 Å². The van der Waals surface area contributed by atoms with Crippen LogP contribution in [0.1, 0.15) is 29.4 Å². The monoisotopic (exact) mass is 276 g/mol. The Hall–Kier alpha value is -1.39. The average Bonchev–Trinajstić information content (AvgIpc) is 2.96. The van der Waals surface area contributed by atoms with Gasteiger partial charge in [-0.3, -0.25) is 4.68 Å². The van der Waals surface area contributed by atoms with Crippen molar-refractivity contribution < 1.29 is 0 Å². The zero-order valence-corrected chi connectivity index (χ0v) is 11.7. The number of hydrogen-bond donors (Lipinski definition) is 1. The van der Waals surface area contributed by atoms with Crippen LogP contribution < -0.4 is 5.32 Å². The minimum atomic E-state index is 0.441. The fourth-order valence-electron chi connectivity index (χ4n) is 2.65. The standard InChI is InChI=1S/C14H17ClN4/c1-19-9-17-14(18-19)6-7-16-13-5-2-10-8-11(15)3-4-12(10)13/h3-4,8-9,13,16H,2,5-7H2,1H3. The molecule has 0 aliphatic heterocycles. The minimum absolute atomic E-state index is 0.441. The highest BCUT2D eigenvalue weighted by Gasteiger charge is 2.21. The zero-order valence-electron chi connectivity index (χ0n) is 10.9. The quantitative estimate of drug-likeness (QED) is 0.932. The van der Waals surface area contributed by atoms with Gasteiger partial charge in [0.25, 0.3) is 0 Å². The summed E-state index contributed by atoms with van der Waals surface area (Å²) < 4.78 is 1.74. The Morgan fingerprint density at radius 3 is 3.16 bits per heavy atom. The SMILES string of the molecule is Cn1cnc(CCNC2CCc3cc(Cl)ccc32)n1. The molecular formula is C14H17ClN4. The number of nitrogens with one attached hydrogen (secondary N) is 1. The first kappa shape index (κ1) is 12.6. The van der Waals surface area contributed by atoms with E-state index in [9.17, 15) is 0 Å². The van der Waals surface area contributed by atoms with E-state index in [1.54, 1.807) is 11.0 Å². The van der Waals surface area contributed by atoms with Crippen LogP contribution in [0.4, 0.5) is 0 Å². The van der Waals surface area contributed by atoms with Gasteiger partial charge in [-0.1, -0.05) is 17.7 Å². The normalized spacial score (nSPS) is 17.7. The Labute approximate surface area is 117 Å². The van der Waals surface area contributed by atoms with E-state index in [1.807, 2.05) is 13.1 Å². The second-order valence-electron chi connectivity index (χ2n) is 4.97. The molecule has 1 aromatic carbocycles. The summed E-state index contributed by atoms with van der Waals surface area (Å²) in [6.45, 7) is 0.900. The van der Waals surface area contributed by atoms with Gasteiger partial charge in [0.2, 0.25) is 0 Å². The zero-order chi connectivity index (χ0) is 13.2. The largest absolute Gasteiger partial charge is 0.309 e. The predicted molar refractivity (Wildman–Crippen MR) is 75.2 cm³/mol. The van der Waals surface area contributed by atoms with Crippen molar-refractivity contribution in [2.45, 2.75) is 25.3 Å². The first-order valence-electron chi connectivity index (χ1n) is 6.58. The molecule has 1 N–H and O–H groups in total. The molecule has 5 heteroatoms. The van der Waals surface area contributed by atoms with E-state index < -0.39 is 0 Å². The molecule has 0 fully saturated rings. The van der Waals surface area contributed by atoms with E-state index in [-0.39, 0.29) is 0 Å². The summed E-state index contributed by atoms with van der Waals surface area (Å²) in [6.07, 6.45) is 4.85. The third-order valence-corrected chi connectivity index (χ3v) is 3.80. The molecule has 1 heterocycles. The van der Waals surface area contributed by atoms with Crippen molar-refractivity contribution >= 4 is 11.6 Å². The van der Waals surface area contributed by atoms with Crippen molar-refractivity contribution in [3.8, 4) is 0 Å². The van der Waals surface area contributed by atoms with Crippen molar-refractivity contribution in [1.82, 2.24) is 20.1 Å². The third-order valence-electron chi connectivity index (χ3n) is 3.57. The van der Waals surface area contributed by atoms with Gasteiger partial charge in [0, 0.05) is 31.1 Å². The fraction of sp³-hybridized carbons (Fsp3) is 0.429. The Bertz CT molecular complexity index is 579. The summed E-state index contributed by atoms with van der Waals surface area (Å²) in [5.41, 5.74) is 2.76. The molecule has 100 valence electrons. The summed E-state index contributed by atoms with van der Waals surface area (Å²) in [5.74, 6) is 0.893. The number of benzene rings is 1. The molecule has 1 unspecified atom stereocenters. The van der Waals surface area contributed by atoms with Crippen LogP contribution in [-0.2, 0) is 19.9 Å². The second kappa shape index (κ2) is 5.31. The highest BCUT2D eigenvalue weighted by atomic mass is 35.5. The maximum absolute atomic E-state index is 6.02. The fourth-order valence-corrected chi connectivity index (χ4v) is 2.85. The summed E-state index contributed by atoms with van der Waals surface area (Å²) in [7, 11) is 1.89. The van der Waals surface area contributed by atoms with Crippen molar-refractivity contribution in [2.75, 3.05) is 6.54 Å². The first-order chi connectivity index (χ1) is 9.22. The van der Waals surface area contributed by atoms with Crippen LogP contribution in [0.5, 0.6) is 0 Å². The van der Waals surface area contributed by atoms with Gasteiger partial charge in [0.1, 0.15) is 6.33 Å². The molecule has 1 atom stereocenters. The summed E-state index contributed by atoms with van der Waals surface area (Å²) in [4.78, 5) is 4.23. The number of halogens is 1. The van der Waals surface area contributed by atoms with Crippen LogP contribution in [0.15, 0.2) is 24.5 Å². The van der Waals surface area contributed by atoms with E-state index in [2.05, 4.69) is 27.5 Å². The van der Waals surface area contributed by atoms with Crippen LogP contribution in [0.3, 0.4) is 0 Å². The number of aryl methyl sites for hydroxylation is 2. The van der Waals surface area contributed by atoms with E-state index >= 15 is 0 Å². The lowest BCUT2D eigenvalue weighted by Crippen LogP contribution is -2.22. The number of hydrogen-bond acceptors (Lipinski definition) is 3. The third kappa shape index (κ3) is 2.80. The van der Waals surface area contributed by atoms with Crippen LogP contribution in [0.2, 0.25) is 5.02 Å². The van der Waals surface area contributed by atoms with Gasteiger partial charge < -0.3 is 5.32 Å². The smallest absolute Gasteiger partial charge is 0.151 e. The first-order valence-corrected chi connectivity index (χ1v) is 6.96. The van der Waals surface area contributed by atoms with Gasteiger partial charge in [-0.25, -0.2) is 4.98 Å². The van der Waals surface area contributed by atoms with Gasteiger partial charge in [-0.05, 0) is 36.1 Å². The van der Waals surface area contributed by atoms with Crippen LogP contribution >= 0.6 is 11.6 Å². The van der Waals surface area contributed by atoms with Gasteiger partial charge in [-0.2, -0.15) is 5.10 Å². The molecule has 0 saturated carbocycles. The maximum Gasteiger partial charge on any atom is 0.151 e. The Balaban J connectivity index is 1.58. The molecule has 1 aromatic heterocycles. The van der Waals surface area contributed by atoms with Crippen molar-refractivity contribution in [3.63, 3.8) is 0 Å². The molecule has 0 radical (unpaired) electrons. The number of rotatable bonds is 4. The second-order valence-corrected chi connectivity index (χ2v) is 5.41. The van der Waals surface area contributed by atoms with E-state index in [0.717, 1.165) is 36.7 Å². The molecule has 0 amide bonds. The van der Waals surface area contributed by atoms with Crippen LogP contribution in [0.25, 0.3) is 0 Å². The molecule has 3 rings (SSSR count). The lowest BCUT2D eigenvalue weighted by atomic mass is 10.1. The summed E-state index contributed by atoms with van der Waals surface area (Å²) in [5, 5.41) is 8.69. The van der Waals surface area contributed by atoms with E-state index in [0.29, 0.717) is 6.04 Å². The van der Waals surface area contributed by atoms with Gasteiger partial charge in [-0.15, -0.1) is 0 Å². The molecule has 0 saturated heterocycles. The minimum Gasteiger partial charge on any atom is -0.309 e. The molecular weight excluding hydrogens is 260 g/mol. The number of fused-ring (bicyclic) bond motifs is 1. The van der Waals surface area contributed by atoms with E-state index in [1.165, 1.54) is 11.1 Å². The van der Waals surface area contributed by atoms with Crippen molar-refractivity contribution in [3.05, 3.63) is 46.5 Å². The molecule has 19 heavy (non-hydrogen) atoms. The van der Waals surface area contributed by atoms with Crippen LogP contribution in [-0.4, -0.2) is 21.3 Å². The Morgan fingerprint density at radius 2 is 2.37 bits per heavy atom. The Morgan fingerprint density at radius 1 is 1.47 bits per heavy atom. The Kier molecular flexibility index (Phi) is 3.53. The van der Waals surface area contributed by atoms with Gasteiger partial charge >= 0.3 is 0 Å². The maximum atomic E-state index is 6.02. The lowest BCUT2D eigenvalue weighted by Gasteiger charge is -2.13. The molecule has 4 nitrogen and oxygen atoms in total. The highest BCUT2D eigenvalue weighted by Crippen LogP contribution is 2.32. The van der Waals surface area contributed by atoms with Gasteiger partial charge in [0.15, 0.2) is 5.82 Å². The summed E-state index contributed by atoms with van der Waals surface area (Å²) in [6, 6.07) is 6.64. The topological polar surface area (TPSA) is 42.7 Å². The van der Waals surface area contributed by atoms with Crippen molar-refractivity contribution in [1.29, 1.82) is 0 Å². The molecule has 2 aromatic rings. The van der Waals surface area contributed by atoms with E-state index in [4.69, 9.17) is 11.6 Å². The molecule has 0 spiro atoms.